The van der Waals surface area contributed by atoms with E-state index in [1.54, 1.807) is 0 Å². The highest BCUT2D eigenvalue weighted by molar-refractivity contribution is 5.68. The predicted octanol–water partition coefficient (Wildman–Crippen LogP) is 6.27. The van der Waals surface area contributed by atoms with Gasteiger partial charge in [0.15, 0.2) is 0 Å². The van der Waals surface area contributed by atoms with Gasteiger partial charge in [-0.2, -0.15) is 5.26 Å². The van der Waals surface area contributed by atoms with Gasteiger partial charge in [-0.05, 0) is 61.1 Å². The third-order valence-corrected chi connectivity index (χ3v) is 5.96. The summed E-state index contributed by atoms with van der Waals surface area (Å²) < 4.78 is 12.2. The molecule has 0 radical (unpaired) electrons. The molecule has 0 atom stereocenters. The first-order chi connectivity index (χ1) is 17.6. The van der Waals surface area contributed by atoms with Crippen molar-refractivity contribution in [1.82, 2.24) is 5.32 Å². The van der Waals surface area contributed by atoms with Gasteiger partial charge >= 0.3 is 5.97 Å². The summed E-state index contributed by atoms with van der Waals surface area (Å²) in [5, 5.41) is 20.8. The molecule has 0 aromatic heterocycles. The third-order valence-electron chi connectivity index (χ3n) is 5.96. The molecule has 6 nitrogen and oxygen atoms in total. The molecular formula is C30H34N2O4. The Morgan fingerprint density at radius 1 is 0.972 bits per heavy atom. The fourth-order valence-electron chi connectivity index (χ4n) is 3.91. The van der Waals surface area contributed by atoms with Crippen molar-refractivity contribution in [3.8, 4) is 28.7 Å². The second-order valence-electron chi connectivity index (χ2n) is 8.65. The van der Waals surface area contributed by atoms with Gasteiger partial charge < -0.3 is 19.9 Å². The minimum atomic E-state index is -0.788. The first-order valence-corrected chi connectivity index (χ1v) is 12.4. The van der Waals surface area contributed by atoms with Gasteiger partial charge in [0, 0.05) is 31.0 Å². The number of unbranched alkanes of at least 4 members (excludes halogenated alkanes) is 2. The van der Waals surface area contributed by atoms with Gasteiger partial charge in [-0.3, -0.25) is 4.79 Å². The molecule has 2 N–H and O–H groups in total. The molecule has 0 spiro atoms. The van der Waals surface area contributed by atoms with E-state index >= 15 is 0 Å². The number of ether oxygens (including phenoxy) is 2. The van der Waals surface area contributed by atoms with Crippen LogP contribution < -0.4 is 14.8 Å². The van der Waals surface area contributed by atoms with E-state index in [2.05, 4.69) is 48.6 Å². The van der Waals surface area contributed by atoms with Crippen LogP contribution in [0.2, 0.25) is 0 Å². The van der Waals surface area contributed by atoms with E-state index in [1.165, 1.54) is 16.7 Å². The fourth-order valence-corrected chi connectivity index (χ4v) is 3.91. The van der Waals surface area contributed by atoms with E-state index < -0.39 is 5.97 Å². The highest BCUT2D eigenvalue weighted by Crippen LogP contribution is 2.29. The molecule has 3 aromatic rings. The Morgan fingerprint density at radius 2 is 1.81 bits per heavy atom. The lowest BCUT2D eigenvalue weighted by Gasteiger charge is -2.16. The van der Waals surface area contributed by atoms with Crippen molar-refractivity contribution in [3.05, 3.63) is 83.4 Å². The highest BCUT2D eigenvalue weighted by atomic mass is 16.5. The normalized spacial score (nSPS) is 10.6. The van der Waals surface area contributed by atoms with Crippen LogP contribution in [0.5, 0.6) is 11.5 Å². The lowest BCUT2D eigenvalue weighted by molar-refractivity contribution is -0.137. The van der Waals surface area contributed by atoms with Crippen molar-refractivity contribution in [2.75, 3.05) is 13.2 Å². The molecular weight excluding hydrogens is 452 g/mol. The second kappa shape index (κ2) is 14.6. The molecule has 0 aliphatic rings. The fraction of sp³-hybridized carbons (Fsp3) is 0.333. The molecule has 0 fully saturated rings. The summed E-state index contributed by atoms with van der Waals surface area (Å²) in [5.41, 5.74) is 5.69. The smallest absolute Gasteiger partial charge is 0.303 e. The number of carboxylic acids is 1. The number of benzene rings is 3. The number of hydrogen-bond acceptors (Lipinski definition) is 5. The SMILES string of the molecule is Cc1c(COc2ccc(CNCCCC(=O)O)c(OCCCCC#N)c2)cccc1-c1ccccc1. The summed E-state index contributed by atoms with van der Waals surface area (Å²) in [5.74, 6) is 0.676. The number of carboxylic acid groups (broad SMARTS) is 1. The lowest BCUT2D eigenvalue weighted by Crippen LogP contribution is -2.16. The number of nitrogens with one attached hydrogen (secondary N) is 1. The van der Waals surface area contributed by atoms with Gasteiger partial charge in [0.1, 0.15) is 18.1 Å². The zero-order chi connectivity index (χ0) is 25.6. The molecule has 3 rings (SSSR count). The minimum absolute atomic E-state index is 0.146. The van der Waals surface area contributed by atoms with Crippen LogP contribution in [0.4, 0.5) is 0 Å². The molecule has 0 aliphatic heterocycles. The Hall–Kier alpha value is -3.82. The second-order valence-corrected chi connectivity index (χ2v) is 8.65. The molecule has 3 aromatic carbocycles. The Labute approximate surface area is 213 Å². The topological polar surface area (TPSA) is 91.6 Å². The molecule has 0 aliphatic carbocycles. The van der Waals surface area contributed by atoms with Crippen molar-refractivity contribution in [3.63, 3.8) is 0 Å². The zero-order valence-electron chi connectivity index (χ0n) is 20.8. The van der Waals surface area contributed by atoms with Crippen LogP contribution >= 0.6 is 0 Å². The third kappa shape index (κ3) is 8.44. The predicted molar refractivity (Wildman–Crippen MR) is 141 cm³/mol. The first kappa shape index (κ1) is 26.8. The van der Waals surface area contributed by atoms with Crippen molar-refractivity contribution in [1.29, 1.82) is 5.26 Å². The maximum absolute atomic E-state index is 10.7. The Balaban J connectivity index is 1.66. The molecule has 0 unspecified atom stereocenters. The number of carbonyl (C=O) groups is 1. The summed E-state index contributed by atoms with van der Waals surface area (Å²) in [7, 11) is 0. The van der Waals surface area contributed by atoms with Crippen LogP contribution in [0.15, 0.2) is 66.7 Å². The molecule has 36 heavy (non-hydrogen) atoms. The van der Waals surface area contributed by atoms with Gasteiger partial charge in [0.2, 0.25) is 0 Å². The van der Waals surface area contributed by atoms with E-state index in [4.69, 9.17) is 19.8 Å². The maximum atomic E-state index is 10.7. The van der Waals surface area contributed by atoms with Crippen LogP contribution in [0.3, 0.4) is 0 Å². The highest BCUT2D eigenvalue weighted by Gasteiger charge is 2.10. The van der Waals surface area contributed by atoms with E-state index in [-0.39, 0.29) is 6.42 Å². The van der Waals surface area contributed by atoms with E-state index in [9.17, 15) is 4.79 Å². The van der Waals surface area contributed by atoms with E-state index in [1.807, 2.05) is 36.4 Å². The lowest BCUT2D eigenvalue weighted by atomic mass is 9.97. The van der Waals surface area contributed by atoms with Crippen molar-refractivity contribution < 1.29 is 19.4 Å². The van der Waals surface area contributed by atoms with Gasteiger partial charge in [0.25, 0.3) is 0 Å². The Morgan fingerprint density at radius 3 is 2.58 bits per heavy atom. The molecule has 0 amide bonds. The van der Waals surface area contributed by atoms with Crippen molar-refractivity contribution in [2.45, 2.75) is 52.2 Å². The average Bonchev–Trinajstić information content (AvgIpc) is 2.89. The van der Waals surface area contributed by atoms with Crippen LogP contribution in [0.1, 0.15) is 48.8 Å². The number of aliphatic carboxylic acids is 1. The number of nitrogens with zero attached hydrogens (tertiary/aromatic N) is 1. The van der Waals surface area contributed by atoms with Crippen LogP contribution in [0.25, 0.3) is 11.1 Å². The largest absolute Gasteiger partial charge is 0.493 e. The zero-order valence-corrected chi connectivity index (χ0v) is 20.8. The number of rotatable bonds is 15. The summed E-state index contributed by atoms with van der Waals surface area (Å²) >= 11 is 0. The van der Waals surface area contributed by atoms with Crippen molar-refractivity contribution >= 4 is 5.97 Å². The number of hydrogen-bond donors (Lipinski definition) is 2. The monoisotopic (exact) mass is 486 g/mol. The Kier molecular flexibility index (Phi) is 10.8. The maximum Gasteiger partial charge on any atom is 0.303 e. The quantitative estimate of drug-likeness (QED) is 0.246. The van der Waals surface area contributed by atoms with Crippen molar-refractivity contribution in [2.24, 2.45) is 0 Å². The molecule has 0 heterocycles. The number of nitriles is 1. The summed E-state index contributed by atoms with van der Waals surface area (Å²) in [6, 6.07) is 24.6. The van der Waals surface area contributed by atoms with Gasteiger partial charge in [-0.25, -0.2) is 0 Å². The van der Waals surface area contributed by atoms with Crippen LogP contribution in [-0.4, -0.2) is 24.2 Å². The van der Waals surface area contributed by atoms with Gasteiger partial charge in [0.05, 0.1) is 12.7 Å². The summed E-state index contributed by atoms with van der Waals surface area (Å²) in [4.78, 5) is 10.7. The van der Waals surface area contributed by atoms with E-state index in [0.29, 0.717) is 39.1 Å². The molecule has 0 bridgehead atoms. The standard InChI is InChI=1S/C30H34N2O4/c1-23-26(12-8-13-28(23)24-10-4-2-5-11-24)22-36-27-16-15-25(21-32-18-9-14-30(33)34)29(20-27)35-19-7-3-6-17-31/h2,4-5,8,10-13,15-16,20,32H,3,6-7,9,14,18-19,21-22H2,1H3,(H,33,34). The minimum Gasteiger partial charge on any atom is -0.493 e. The molecule has 0 saturated heterocycles. The molecule has 0 saturated carbocycles. The Bertz CT molecular complexity index is 1160. The van der Waals surface area contributed by atoms with Crippen LogP contribution in [0, 0.1) is 18.3 Å². The first-order valence-electron chi connectivity index (χ1n) is 12.4. The van der Waals surface area contributed by atoms with Crippen LogP contribution in [-0.2, 0) is 17.9 Å². The molecule has 6 heteroatoms. The van der Waals surface area contributed by atoms with Gasteiger partial charge in [-0.15, -0.1) is 0 Å². The van der Waals surface area contributed by atoms with Gasteiger partial charge in [-0.1, -0.05) is 54.6 Å². The average molecular weight is 487 g/mol. The summed E-state index contributed by atoms with van der Waals surface area (Å²) in [6.45, 7) is 4.28. The summed E-state index contributed by atoms with van der Waals surface area (Å²) in [6.07, 6.45) is 2.84. The molecule has 188 valence electrons. The van der Waals surface area contributed by atoms with E-state index in [0.717, 1.165) is 35.5 Å².